The van der Waals surface area contributed by atoms with Crippen LogP contribution in [0.5, 0.6) is 0 Å². The van der Waals surface area contributed by atoms with Crippen molar-refractivity contribution in [3.05, 3.63) is 72.8 Å². The average molecular weight is 503 g/mol. The molecule has 0 bridgehead atoms. The van der Waals surface area contributed by atoms with Gasteiger partial charge < -0.3 is 24.8 Å². The lowest BCUT2D eigenvalue weighted by Crippen LogP contribution is -2.47. The molecule has 1 atom stereocenters. The Morgan fingerprint density at radius 3 is 2.36 bits per heavy atom. The third kappa shape index (κ3) is 16.1. The molecule has 0 saturated heterocycles. The van der Waals surface area contributed by atoms with Crippen LogP contribution in [0.1, 0.15) is 59.8 Å². The van der Waals surface area contributed by atoms with Gasteiger partial charge in [0.05, 0.1) is 7.11 Å². The fraction of sp³-hybridized carbons (Fsp3) is 0.464. The number of esters is 1. The van der Waals surface area contributed by atoms with E-state index in [-0.39, 0.29) is 18.3 Å². The van der Waals surface area contributed by atoms with E-state index in [1.165, 1.54) is 14.2 Å². The number of amides is 2. The first kappa shape index (κ1) is 32.5. The number of hydrogen-bond acceptors (Lipinski definition) is 6. The maximum Gasteiger partial charge on any atom is 0.408 e. The van der Waals surface area contributed by atoms with Crippen molar-refractivity contribution >= 4 is 18.0 Å². The van der Waals surface area contributed by atoms with Gasteiger partial charge in [0, 0.05) is 13.5 Å². The molecule has 0 aliphatic carbocycles. The van der Waals surface area contributed by atoms with E-state index >= 15 is 0 Å². The molecule has 8 nitrogen and oxygen atoms in total. The molecule has 8 heteroatoms. The Bertz CT molecular complexity index is 875. The Morgan fingerprint density at radius 2 is 1.81 bits per heavy atom. The molecule has 0 aliphatic heterocycles. The van der Waals surface area contributed by atoms with Crippen molar-refractivity contribution in [3.8, 4) is 0 Å². The number of ether oxygens (including phenoxy) is 3. The van der Waals surface area contributed by atoms with Crippen molar-refractivity contribution in [3.63, 3.8) is 0 Å². The fourth-order valence-corrected chi connectivity index (χ4v) is 2.86. The monoisotopic (exact) mass is 502 g/mol. The molecule has 0 saturated carbocycles. The number of rotatable bonds is 15. The molecule has 0 aliphatic rings. The normalized spacial score (nSPS) is 13.3. The minimum atomic E-state index is -0.803. The molecule has 0 rings (SSSR count). The Kier molecular flexibility index (Phi) is 16.1. The Hall–Kier alpha value is -3.55. The summed E-state index contributed by atoms with van der Waals surface area (Å²) in [5, 5.41) is 5.19. The third-order valence-corrected chi connectivity index (χ3v) is 4.55. The van der Waals surface area contributed by atoms with Gasteiger partial charge in [-0.25, -0.2) is 4.79 Å². The van der Waals surface area contributed by atoms with Gasteiger partial charge in [0.1, 0.15) is 23.2 Å². The summed E-state index contributed by atoms with van der Waals surface area (Å²) in [5.41, 5.74) is 0.194. The van der Waals surface area contributed by atoms with E-state index in [1.54, 1.807) is 39.0 Å². The van der Waals surface area contributed by atoms with Crippen LogP contribution in [0.25, 0.3) is 0 Å². The lowest BCUT2D eigenvalue weighted by molar-refractivity contribution is -0.140. The molecule has 1 unspecified atom stereocenters. The van der Waals surface area contributed by atoms with Gasteiger partial charge in [-0.1, -0.05) is 43.0 Å². The number of hydrogen-bond donors (Lipinski definition) is 2. The SMILES string of the molecule is C=C/C=C(\C/C=C\C(=C)OC(/C=C\CCCC(=O)OC)=C/C)CC(NC(=O)OC(C)(C)C)C(=O)NC. The van der Waals surface area contributed by atoms with Gasteiger partial charge in [0.25, 0.3) is 0 Å². The van der Waals surface area contributed by atoms with Gasteiger partial charge in [-0.2, -0.15) is 0 Å². The summed E-state index contributed by atoms with van der Waals surface area (Å²) in [4.78, 5) is 35.7. The van der Waals surface area contributed by atoms with Crippen molar-refractivity contribution in [2.24, 2.45) is 0 Å². The van der Waals surface area contributed by atoms with E-state index in [9.17, 15) is 14.4 Å². The van der Waals surface area contributed by atoms with Crippen LogP contribution in [0.3, 0.4) is 0 Å². The Balaban J connectivity index is 4.99. The highest BCUT2D eigenvalue weighted by molar-refractivity contribution is 5.85. The standard InChI is InChI=1S/C28H42N2O6/c1-9-15-22(20-24(26(32)29-7)30-27(33)36-28(4,5)6)17-14-16-21(3)35-23(10-2)18-12-11-13-19-25(31)34-8/h9-10,12,14-16,18,24H,1,3,11,13,17,19-20H2,2,4-8H3,(H,29,32)(H,30,33)/b16-14-,18-12-,22-15+,23-10+. The zero-order valence-corrected chi connectivity index (χ0v) is 22.5. The second kappa shape index (κ2) is 17.8. The largest absolute Gasteiger partial charge is 0.469 e. The zero-order valence-electron chi connectivity index (χ0n) is 22.5. The van der Waals surface area contributed by atoms with Crippen molar-refractivity contribution in [1.82, 2.24) is 10.6 Å². The summed E-state index contributed by atoms with van der Waals surface area (Å²) in [6, 6.07) is -0.803. The van der Waals surface area contributed by atoms with Gasteiger partial charge in [-0.05, 0) is 71.6 Å². The first-order chi connectivity index (χ1) is 16.9. The number of carbonyl (C=O) groups excluding carboxylic acids is 3. The van der Waals surface area contributed by atoms with E-state index in [0.717, 1.165) is 12.0 Å². The van der Waals surface area contributed by atoms with Gasteiger partial charge in [-0.3, -0.25) is 9.59 Å². The lowest BCUT2D eigenvalue weighted by atomic mass is 10.0. The number of methoxy groups -OCH3 is 1. The molecule has 0 heterocycles. The summed E-state index contributed by atoms with van der Waals surface area (Å²) < 4.78 is 15.7. The quantitative estimate of drug-likeness (QED) is 0.134. The summed E-state index contributed by atoms with van der Waals surface area (Å²) in [7, 11) is 2.89. The molecule has 36 heavy (non-hydrogen) atoms. The maximum atomic E-state index is 12.3. The van der Waals surface area contributed by atoms with Crippen LogP contribution in [0.15, 0.2) is 72.8 Å². The number of carbonyl (C=O) groups is 3. The summed E-state index contributed by atoms with van der Waals surface area (Å²) >= 11 is 0. The molecule has 0 radical (unpaired) electrons. The third-order valence-electron chi connectivity index (χ3n) is 4.55. The average Bonchev–Trinajstić information content (AvgIpc) is 2.80. The van der Waals surface area contributed by atoms with Crippen molar-refractivity contribution in [2.45, 2.75) is 71.4 Å². The van der Waals surface area contributed by atoms with E-state index in [2.05, 4.69) is 28.5 Å². The fourth-order valence-electron chi connectivity index (χ4n) is 2.86. The topological polar surface area (TPSA) is 103 Å². The molecular weight excluding hydrogens is 460 g/mol. The molecule has 0 fully saturated rings. The van der Waals surface area contributed by atoms with Gasteiger partial charge in [-0.15, -0.1) is 0 Å². The Labute approximate surface area is 215 Å². The summed E-state index contributed by atoms with van der Waals surface area (Å²) in [5.74, 6) is 0.515. The van der Waals surface area contributed by atoms with Gasteiger partial charge in [0.15, 0.2) is 0 Å². The first-order valence-corrected chi connectivity index (χ1v) is 11.9. The molecule has 2 N–H and O–H groups in total. The molecule has 0 aromatic carbocycles. The number of alkyl carbamates (subject to hydrolysis) is 1. The highest BCUT2D eigenvalue weighted by Crippen LogP contribution is 2.15. The lowest BCUT2D eigenvalue weighted by Gasteiger charge is -2.23. The van der Waals surface area contributed by atoms with E-state index in [0.29, 0.717) is 30.8 Å². The second-order valence-corrected chi connectivity index (χ2v) is 8.81. The minimum absolute atomic E-state index is 0.225. The molecule has 200 valence electrons. The number of likely N-dealkylation sites (N-methyl/N-ethyl adjacent to an activating group) is 1. The number of allylic oxidation sites excluding steroid dienone is 7. The minimum Gasteiger partial charge on any atom is -0.469 e. The number of unbranched alkanes of at least 4 members (excludes halogenated alkanes) is 1. The van der Waals surface area contributed by atoms with Gasteiger partial charge in [0.2, 0.25) is 5.91 Å². The molecular formula is C28H42N2O6. The molecule has 0 spiro atoms. The molecule has 0 aromatic rings. The van der Waals surface area contributed by atoms with E-state index in [4.69, 9.17) is 9.47 Å². The van der Waals surface area contributed by atoms with Gasteiger partial charge >= 0.3 is 12.1 Å². The molecule has 0 aromatic heterocycles. The smallest absolute Gasteiger partial charge is 0.408 e. The Morgan fingerprint density at radius 1 is 1.11 bits per heavy atom. The van der Waals surface area contributed by atoms with Crippen LogP contribution in [0, 0.1) is 0 Å². The van der Waals surface area contributed by atoms with Crippen molar-refractivity contribution < 1.29 is 28.6 Å². The first-order valence-electron chi connectivity index (χ1n) is 11.9. The predicted molar refractivity (Wildman–Crippen MR) is 143 cm³/mol. The van der Waals surface area contributed by atoms with Crippen LogP contribution < -0.4 is 10.6 Å². The molecule has 2 amide bonds. The highest BCUT2D eigenvalue weighted by atomic mass is 16.6. The summed E-state index contributed by atoms with van der Waals surface area (Å²) in [6.07, 6.45) is 14.5. The van der Waals surface area contributed by atoms with Crippen LogP contribution >= 0.6 is 0 Å². The summed E-state index contributed by atoms with van der Waals surface area (Å²) in [6.45, 7) is 14.8. The highest BCUT2D eigenvalue weighted by Gasteiger charge is 2.24. The van der Waals surface area contributed by atoms with Crippen molar-refractivity contribution in [1.29, 1.82) is 0 Å². The van der Waals surface area contributed by atoms with Crippen LogP contribution in [0.2, 0.25) is 0 Å². The van der Waals surface area contributed by atoms with E-state index in [1.807, 2.05) is 31.2 Å². The van der Waals surface area contributed by atoms with Crippen LogP contribution in [0.4, 0.5) is 4.79 Å². The van der Waals surface area contributed by atoms with Crippen LogP contribution in [-0.4, -0.2) is 43.8 Å². The van der Waals surface area contributed by atoms with E-state index < -0.39 is 17.7 Å². The maximum absolute atomic E-state index is 12.3. The number of nitrogens with one attached hydrogen (secondary N) is 2. The van der Waals surface area contributed by atoms with Crippen LogP contribution in [-0.2, 0) is 23.8 Å². The second-order valence-electron chi connectivity index (χ2n) is 8.81. The predicted octanol–water partition coefficient (Wildman–Crippen LogP) is 5.41. The zero-order chi connectivity index (χ0) is 27.6. The van der Waals surface area contributed by atoms with Crippen molar-refractivity contribution in [2.75, 3.05) is 14.2 Å².